The van der Waals surface area contributed by atoms with Crippen LogP contribution in [0.1, 0.15) is 84.2 Å². The summed E-state index contributed by atoms with van der Waals surface area (Å²) >= 11 is 0. The largest absolute Gasteiger partial charge is 0.293 e. The van der Waals surface area contributed by atoms with E-state index < -0.39 is 11.0 Å². The molecular formula is C50H50N4+2. The Hall–Kier alpha value is -5.35. The summed E-state index contributed by atoms with van der Waals surface area (Å²) < 4.78 is 7.38. The zero-order valence-electron chi connectivity index (χ0n) is 33.0. The first-order valence-corrected chi connectivity index (χ1v) is 19.7. The van der Waals surface area contributed by atoms with Crippen LogP contribution in [0.3, 0.4) is 0 Å². The summed E-state index contributed by atoms with van der Waals surface area (Å²) in [4.78, 5) is 6.00. The quantitative estimate of drug-likeness (QED) is 0.156. The van der Waals surface area contributed by atoms with Crippen molar-refractivity contribution in [3.05, 3.63) is 138 Å². The van der Waals surface area contributed by atoms with Crippen LogP contribution in [0.5, 0.6) is 0 Å². The summed E-state index contributed by atoms with van der Waals surface area (Å²) in [5.41, 5.74) is 13.8. The van der Waals surface area contributed by atoms with E-state index in [4.69, 9.17) is 11.6 Å². The van der Waals surface area contributed by atoms with Gasteiger partial charge in [0.05, 0.1) is 27.7 Å². The first kappa shape index (κ1) is 33.2. The van der Waals surface area contributed by atoms with Crippen molar-refractivity contribution in [2.45, 2.75) is 91.0 Å². The molecule has 54 heavy (non-hydrogen) atoms. The fraction of sp³-hybridized carbons (Fsp3) is 0.300. The van der Waals surface area contributed by atoms with Crippen LogP contribution in [-0.4, -0.2) is 9.38 Å². The number of hydrogen-bond acceptors (Lipinski definition) is 1. The average Bonchev–Trinajstić information content (AvgIpc) is 3.66. The van der Waals surface area contributed by atoms with Crippen LogP contribution in [0.2, 0.25) is 0 Å². The normalized spacial score (nSPS) is 20.0. The summed E-state index contributed by atoms with van der Waals surface area (Å²) in [5, 5.41) is 5.10. The molecule has 2 aliphatic rings. The lowest BCUT2D eigenvalue weighted by molar-refractivity contribution is -0.770. The predicted molar refractivity (Wildman–Crippen MR) is 223 cm³/mol. The Morgan fingerprint density at radius 2 is 1.46 bits per heavy atom. The van der Waals surface area contributed by atoms with Crippen molar-refractivity contribution < 1.29 is 9.13 Å². The molecule has 4 nitrogen and oxygen atoms in total. The molecule has 0 saturated heterocycles. The minimum atomic E-state index is -0.557. The Labute approximate surface area is 318 Å². The molecule has 0 amide bonds. The molecule has 0 radical (unpaired) electrons. The van der Waals surface area contributed by atoms with E-state index in [0.29, 0.717) is 0 Å². The van der Waals surface area contributed by atoms with E-state index in [1.807, 2.05) is 0 Å². The van der Waals surface area contributed by atoms with E-state index >= 15 is 0 Å². The Kier molecular flexibility index (Phi) is 6.69. The lowest BCUT2D eigenvalue weighted by Crippen LogP contribution is -2.71. The zero-order valence-corrected chi connectivity index (χ0v) is 33.0. The van der Waals surface area contributed by atoms with Crippen LogP contribution >= 0.6 is 0 Å². The zero-order chi connectivity index (χ0) is 37.5. The molecule has 0 saturated carbocycles. The monoisotopic (exact) mass is 706 g/mol. The third-order valence-electron chi connectivity index (χ3n) is 13.1. The molecule has 2 unspecified atom stereocenters. The van der Waals surface area contributed by atoms with Crippen LogP contribution in [0, 0.1) is 5.41 Å². The van der Waals surface area contributed by atoms with Crippen LogP contribution in [-0.2, 0) is 29.2 Å². The fourth-order valence-corrected chi connectivity index (χ4v) is 10.1. The van der Waals surface area contributed by atoms with Gasteiger partial charge in [0.25, 0.3) is 11.2 Å². The van der Waals surface area contributed by atoms with E-state index in [-0.39, 0.29) is 10.8 Å². The highest BCUT2D eigenvalue weighted by Crippen LogP contribution is 2.53. The number of fused-ring (bicyclic) bond motifs is 15. The van der Waals surface area contributed by atoms with Gasteiger partial charge in [-0.1, -0.05) is 77.9 Å². The Balaban J connectivity index is 1.36. The van der Waals surface area contributed by atoms with Gasteiger partial charge in [0.2, 0.25) is 11.4 Å². The van der Waals surface area contributed by atoms with Crippen LogP contribution < -0.4 is 9.13 Å². The molecule has 0 bridgehead atoms. The third kappa shape index (κ3) is 4.40. The number of nitrogens with zero attached hydrogens (tertiary/aromatic N) is 4. The number of para-hydroxylation sites is 1. The molecule has 0 fully saturated rings. The second-order valence-electron chi connectivity index (χ2n) is 18.8. The highest BCUT2D eigenvalue weighted by Gasteiger charge is 2.65. The molecule has 10 rings (SSSR count). The molecular weight excluding hydrogens is 657 g/mol. The van der Waals surface area contributed by atoms with Gasteiger partial charge in [-0.05, 0) is 96.7 Å². The summed E-state index contributed by atoms with van der Waals surface area (Å²) in [5.74, 6) is 0. The number of benzene rings is 3. The molecule has 4 heteroatoms. The highest BCUT2D eigenvalue weighted by molar-refractivity contribution is 6.23. The first-order valence-electron chi connectivity index (χ1n) is 19.7. The third-order valence-corrected chi connectivity index (χ3v) is 13.1. The van der Waals surface area contributed by atoms with E-state index in [9.17, 15) is 0 Å². The fourth-order valence-electron chi connectivity index (χ4n) is 10.1. The molecule has 8 aromatic rings. The molecule has 0 spiro atoms. The van der Waals surface area contributed by atoms with Gasteiger partial charge in [0, 0.05) is 58.3 Å². The van der Waals surface area contributed by atoms with Gasteiger partial charge < -0.3 is 0 Å². The summed E-state index contributed by atoms with van der Waals surface area (Å²) in [6.45, 7) is 23.9. The van der Waals surface area contributed by atoms with Crippen molar-refractivity contribution in [3.8, 4) is 22.5 Å². The topological polar surface area (TPSA) is 25.1 Å². The smallest absolute Gasteiger partial charge is 0.258 e. The van der Waals surface area contributed by atoms with Gasteiger partial charge >= 0.3 is 0 Å². The van der Waals surface area contributed by atoms with Crippen molar-refractivity contribution in [2.75, 3.05) is 0 Å². The van der Waals surface area contributed by atoms with E-state index in [1.165, 1.54) is 71.8 Å². The second kappa shape index (κ2) is 10.9. The molecule has 2 aliphatic heterocycles. The summed E-state index contributed by atoms with van der Waals surface area (Å²) in [6, 6.07) is 36.6. The lowest BCUT2D eigenvalue weighted by atomic mass is 9.61. The van der Waals surface area contributed by atoms with Crippen molar-refractivity contribution >= 4 is 43.9 Å². The number of hydrogen-bond donors (Lipinski definition) is 0. The standard InChI is InChI=1S/C50H50N4/c1-31-50(9)49(8,23-21-33-16-10-11-17-35(33)41-19-14-15-24-52(31)41)45-40(43-26-32(22-25-53(43)50)30-47(2,3)4)29-39-38-28-34(48(5,6)7)27-37-36-18-12-13-20-42(36)54(44(37)38)46(39)51-45/h10-20,22,24-29H,1,21,23,30H2,2-9H3/q+2. The number of aromatic nitrogens is 4. The van der Waals surface area contributed by atoms with Crippen LogP contribution in [0.4, 0.5) is 0 Å². The number of aryl methyl sites for hydroxylation is 1. The summed E-state index contributed by atoms with van der Waals surface area (Å²) in [7, 11) is 0. The minimum Gasteiger partial charge on any atom is -0.293 e. The Bertz CT molecular complexity index is 2880. The first-order chi connectivity index (χ1) is 25.7. The van der Waals surface area contributed by atoms with Gasteiger partial charge in [-0.25, -0.2) is 4.98 Å². The number of allylic oxidation sites excluding steroid dienone is 1. The molecule has 268 valence electrons. The van der Waals surface area contributed by atoms with Gasteiger partial charge in [0.15, 0.2) is 12.4 Å². The maximum atomic E-state index is 6.00. The molecule has 0 aliphatic carbocycles. The van der Waals surface area contributed by atoms with Gasteiger partial charge in [-0.2, -0.15) is 9.13 Å². The maximum Gasteiger partial charge on any atom is 0.258 e. The SMILES string of the molecule is C=C1[n+]2ccccc2-c2ccccc2CCC2(C)c3nc4c(cc3-c3cc(CC(C)(C)C)cc[n+]3C12C)c1cc(C(C)(C)C)cc2c3ccccc3n4c21. The van der Waals surface area contributed by atoms with Gasteiger partial charge in [0.1, 0.15) is 5.65 Å². The summed E-state index contributed by atoms with van der Waals surface area (Å²) in [6.07, 6.45) is 7.39. The Morgan fingerprint density at radius 1 is 0.741 bits per heavy atom. The average molecular weight is 707 g/mol. The molecule has 3 aromatic carbocycles. The molecule has 5 aromatic heterocycles. The second-order valence-corrected chi connectivity index (χ2v) is 18.8. The van der Waals surface area contributed by atoms with Crippen molar-refractivity contribution in [1.82, 2.24) is 9.38 Å². The van der Waals surface area contributed by atoms with Crippen molar-refractivity contribution in [2.24, 2.45) is 5.41 Å². The van der Waals surface area contributed by atoms with Crippen LogP contribution in [0.25, 0.3) is 66.4 Å². The van der Waals surface area contributed by atoms with Crippen molar-refractivity contribution in [3.63, 3.8) is 0 Å². The van der Waals surface area contributed by atoms with E-state index in [2.05, 4.69) is 178 Å². The number of rotatable bonds is 1. The molecule has 2 atom stereocenters. The van der Waals surface area contributed by atoms with Crippen LogP contribution in [0.15, 0.2) is 116 Å². The van der Waals surface area contributed by atoms with Crippen molar-refractivity contribution in [1.29, 1.82) is 0 Å². The maximum absolute atomic E-state index is 6.00. The predicted octanol–water partition coefficient (Wildman–Crippen LogP) is 11.1. The van der Waals surface area contributed by atoms with Gasteiger partial charge in [-0.3, -0.25) is 4.40 Å². The van der Waals surface area contributed by atoms with E-state index in [1.54, 1.807) is 0 Å². The number of pyridine rings is 3. The van der Waals surface area contributed by atoms with E-state index in [0.717, 1.165) is 36.3 Å². The molecule has 0 N–H and O–H groups in total. The Morgan fingerprint density at radius 3 is 2.24 bits per heavy atom. The van der Waals surface area contributed by atoms with Gasteiger partial charge in [-0.15, -0.1) is 0 Å². The minimum absolute atomic E-state index is 0.000140. The highest BCUT2D eigenvalue weighted by atomic mass is 15.2. The lowest BCUT2D eigenvalue weighted by Gasteiger charge is -2.44. The molecule has 7 heterocycles.